The number of halogens is 3. The van der Waals surface area contributed by atoms with Gasteiger partial charge in [-0.3, -0.25) is 0 Å². The van der Waals surface area contributed by atoms with Crippen LogP contribution >= 0.6 is 0 Å². The number of nitrogens with one attached hydrogen (secondary N) is 1. The Bertz CT molecular complexity index is 460. The van der Waals surface area contributed by atoms with Crippen LogP contribution in [0, 0.1) is 13.8 Å². The van der Waals surface area contributed by atoms with E-state index in [0.717, 1.165) is 0 Å². The van der Waals surface area contributed by atoms with Crippen LogP contribution in [0.15, 0.2) is 0 Å². The largest absolute Gasteiger partial charge is 0.478 e. The molecule has 1 aromatic rings. The minimum Gasteiger partial charge on any atom is -0.478 e. The van der Waals surface area contributed by atoms with Crippen LogP contribution in [0.25, 0.3) is 0 Å². The molecule has 0 aliphatic carbocycles. The topological polar surface area (TPSA) is 75.1 Å². The van der Waals surface area contributed by atoms with Crippen LogP contribution in [0.2, 0.25) is 0 Å². The van der Waals surface area contributed by atoms with Crippen LogP contribution in [0.5, 0.6) is 0 Å². The number of hydrogen-bond acceptors (Lipinski definition) is 4. The van der Waals surface area contributed by atoms with Gasteiger partial charge in [0.2, 0.25) is 0 Å². The fourth-order valence-electron chi connectivity index (χ4n) is 1.32. The van der Waals surface area contributed by atoms with Gasteiger partial charge in [0.25, 0.3) is 0 Å². The Labute approximate surface area is 101 Å². The second-order valence-electron chi connectivity index (χ2n) is 3.73. The Morgan fingerprint density at radius 1 is 1.33 bits per heavy atom. The van der Waals surface area contributed by atoms with Crippen molar-refractivity contribution in [1.82, 2.24) is 10.2 Å². The maximum atomic E-state index is 12.0. The fourth-order valence-corrected chi connectivity index (χ4v) is 1.32. The SMILES string of the molecule is Cc1nnc(NCCC(F)(F)F)c(C(=O)O)c1C. The van der Waals surface area contributed by atoms with E-state index in [4.69, 9.17) is 5.11 Å². The number of hydrogen-bond donors (Lipinski definition) is 2. The van der Waals surface area contributed by atoms with Crippen molar-refractivity contribution in [3.63, 3.8) is 0 Å². The van der Waals surface area contributed by atoms with Crippen LogP contribution in [0.3, 0.4) is 0 Å². The van der Waals surface area contributed by atoms with E-state index in [2.05, 4.69) is 15.5 Å². The number of aromatic nitrogens is 2. The first-order chi connectivity index (χ1) is 8.22. The first-order valence-corrected chi connectivity index (χ1v) is 5.10. The Morgan fingerprint density at radius 2 is 1.94 bits per heavy atom. The summed E-state index contributed by atoms with van der Waals surface area (Å²) in [6, 6.07) is 0. The summed E-state index contributed by atoms with van der Waals surface area (Å²) >= 11 is 0. The summed E-state index contributed by atoms with van der Waals surface area (Å²) in [4.78, 5) is 11.0. The van der Waals surface area contributed by atoms with Gasteiger partial charge in [0, 0.05) is 6.54 Å². The lowest BCUT2D eigenvalue weighted by Gasteiger charge is -2.12. The summed E-state index contributed by atoms with van der Waals surface area (Å²) in [5.41, 5.74) is 0.658. The predicted octanol–water partition coefficient (Wildman–Crippen LogP) is 2.16. The van der Waals surface area contributed by atoms with Crippen molar-refractivity contribution >= 4 is 11.8 Å². The van der Waals surface area contributed by atoms with Crippen molar-refractivity contribution in [1.29, 1.82) is 0 Å². The summed E-state index contributed by atoms with van der Waals surface area (Å²) in [6.45, 7) is 2.66. The van der Waals surface area contributed by atoms with Gasteiger partial charge < -0.3 is 10.4 Å². The van der Waals surface area contributed by atoms with Crippen LogP contribution in [-0.2, 0) is 0 Å². The molecule has 0 aromatic carbocycles. The molecule has 5 nitrogen and oxygen atoms in total. The van der Waals surface area contributed by atoms with E-state index >= 15 is 0 Å². The lowest BCUT2D eigenvalue weighted by molar-refractivity contribution is -0.131. The van der Waals surface area contributed by atoms with Crippen LogP contribution in [-0.4, -0.2) is 34.0 Å². The molecule has 1 heterocycles. The van der Waals surface area contributed by atoms with Crippen molar-refractivity contribution in [3.05, 3.63) is 16.8 Å². The van der Waals surface area contributed by atoms with Gasteiger partial charge in [-0.2, -0.15) is 18.3 Å². The molecule has 0 unspecified atom stereocenters. The molecule has 1 aromatic heterocycles. The van der Waals surface area contributed by atoms with Gasteiger partial charge in [-0.05, 0) is 19.4 Å². The molecule has 0 amide bonds. The Kier molecular flexibility index (Phi) is 4.10. The average molecular weight is 263 g/mol. The van der Waals surface area contributed by atoms with E-state index in [-0.39, 0.29) is 11.4 Å². The number of aromatic carboxylic acids is 1. The first-order valence-electron chi connectivity index (χ1n) is 5.10. The van der Waals surface area contributed by atoms with Gasteiger partial charge in [0.05, 0.1) is 12.1 Å². The third-order valence-electron chi connectivity index (χ3n) is 2.37. The van der Waals surface area contributed by atoms with E-state index in [0.29, 0.717) is 11.3 Å². The van der Waals surface area contributed by atoms with Gasteiger partial charge in [-0.15, -0.1) is 5.10 Å². The van der Waals surface area contributed by atoms with Gasteiger partial charge in [-0.25, -0.2) is 4.79 Å². The highest BCUT2D eigenvalue weighted by Gasteiger charge is 2.27. The van der Waals surface area contributed by atoms with E-state index in [1.165, 1.54) is 6.92 Å². The monoisotopic (exact) mass is 263 g/mol. The van der Waals surface area contributed by atoms with Gasteiger partial charge in [0.1, 0.15) is 5.56 Å². The zero-order valence-electron chi connectivity index (χ0n) is 9.80. The smallest absolute Gasteiger partial charge is 0.390 e. The number of carboxylic acid groups (broad SMARTS) is 1. The predicted molar refractivity (Wildman–Crippen MR) is 57.6 cm³/mol. The third kappa shape index (κ3) is 3.57. The van der Waals surface area contributed by atoms with Crippen LogP contribution < -0.4 is 5.32 Å². The number of anilines is 1. The fraction of sp³-hybridized carbons (Fsp3) is 0.500. The molecule has 8 heteroatoms. The van der Waals surface area contributed by atoms with E-state index in [1.807, 2.05) is 0 Å². The molecule has 18 heavy (non-hydrogen) atoms. The van der Waals surface area contributed by atoms with Gasteiger partial charge in [0.15, 0.2) is 5.82 Å². The average Bonchev–Trinajstić information content (AvgIpc) is 2.21. The van der Waals surface area contributed by atoms with E-state index in [1.54, 1.807) is 6.92 Å². The number of alkyl halides is 3. The Balaban J connectivity index is 2.89. The van der Waals surface area contributed by atoms with E-state index in [9.17, 15) is 18.0 Å². The zero-order valence-corrected chi connectivity index (χ0v) is 9.80. The molecule has 100 valence electrons. The Hall–Kier alpha value is -1.86. The molecule has 0 atom stereocenters. The molecule has 0 bridgehead atoms. The Morgan fingerprint density at radius 3 is 2.44 bits per heavy atom. The lowest BCUT2D eigenvalue weighted by Crippen LogP contribution is -2.18. The minimum atomic E-state index is -4.30. The van der Waals surface area contributed by atoms with Gasteiger partial charge >= 0.3 is 12.1 Å². The molecule has 0 saturated heterocycles. The summed E-state index contributed by atoms with van der Waals surface area (Å²) < 4.78 is 35.9. The van der Waals surface area contributed by atoms with Gasteiger partial charge in [-0.1, -0.05) is 0 Å². The van der Waals surface area contributed by atoms with Crippen molar-refractivity contribution in [2.24, 2.45) is 0 Å². The molecule has 2 N–H and O–H groups in total. The van der Waals surface area contributed by atoms with E-state index < -0.39 is 25.1 Å². The third-order valence-corrected chi connectivity index (χ3v) is 2.37. The highest BCUT2D eigenvalue weighted by Crippen LogP contribution is 2.21. The highest BCUT2D eigenvalue weighted by atomic mass is 19.4. The maximum absolute atomic E-state index is 12.0. The van der Waals surface area contributed by atoms with Crippen LogP contribution in [0.1, 0.15) is 28.0 Å². The number of carbonyl (C=O) groups is 1. The summed E-state index contributed by atoms with van der Waals surface area (Å²) in [6.07, 6.45) is -5.37. The molecule has 0 radical (unpaired) electrons. The van der Waals surface area contributed by atoms with Crippen molar-refractivity contribution < 1.29 is 23.1 Å². The standard InChI is InChI=1S/C10H12F3N3O2/c1-5-6(2)15-16-8(7(5)9(17)18)14-4-3-10(11,12)13/h3-4H2,1-2H3,(H,14,16)(H,17,18). The second kappa shape index (κ2) is 5.19. The first kappa shape index (κ1) is 14.2. The molecule has 0 fully saturated rings. The minimum absolute atomic E-state index is 0.144. The van der Waals surface area contributed by atoms with Crippen molar-refractivity contribution in [2.75, 3.05) is 11.9 Å². The number of rotatable bonds is 4. The number of nitrogens with zero attached hydrogens (tertiary/aromatic N) is 2. The molecule has 0 aliphatic heterocycles. The molecular weight excluding hydrogens is 251 g/mol. The van der Waals surface area contributed by atoms with Crippen LogP contribution in [0.4, 0.5) is 19.0 Å². The quantitative estimate of drug-likeness (QED) is 0.870. The van der Waals surface area contributed by atoms with Crippen molar-refractivity contribution in [2.45, 2.75) is 26.4 Å². The highest BCUT2D eigenvalue weighted by molar-refractivity contribution is 5.94. The zero-order chi connectivity index (χ0) is 13.9. The molecular formula is C10H12F3N3O2. The molecule has 1 rings (SSSR count). The molecule has 0 spiro atoms. The summed E-state index contributed by atoms with van der Waals surface area (Å²) in [5.74, 6) is -1.39. The molecule has 0 aliphatic rings. The van der Waals surface area contributed by atoms with Crippen molar-refractivity contribution in [3.8, 4) is 0 Å². The maximum Gasteiger partial charge on any atom is 0.390 e. The number of carboxylic acids is 1. The summed E-state index contributed by atoms with van der Waals surface area (Å²) in [5, 5.41) is 18.6. The number of aryl methyl sites for hydroxylation is 1. The second-order valence-corrected chi connectivity index (χ2v) is 3.73. The summed E-state index contributed by atoms with van der Waals surface area (Å²) in [7, 11) is 0. The normalized spacial score (nSPS) is 11.4. The lowest BCUT2D eigenvalue weighted by atomic mass is 10.1. The molecule has 0 saturated carbocycles.